The molecule has 4 aromatic rings. The standard InChI is InChI=1S/C36H39ClN3O2P/c1-26-21-27(24-38-32-19-11-12-20-33(32)39-37)36(41)28(22-26)25-42-34-23-35(34)43(30-15-7-3-8-16-30,31-17-9-4-10-18-31)40-29-13-5-2-6-14-29/h2-10,13-18,21-22,24,32-35,39,41H,11-12,19-20,23,25H2,1H3. The molecule has 43 heavy (non-hydrogen) atoms. The number of halogens is 1. The van der Waals surface area contributed by atoms with Crippen LogP contribution in [0.3, 0.4) is 0 Å². The molecule has 0 spiro atoms. The van der Waals surface area contributed by atoms with Gasteiger partial charge in [0.05, 0.1) is 24.4 Å². The maximum Gasteiger partial charge on any atom is 0.129 e. The first-order chi connectivity index (χ1) is 21.1. The number of ether oxygens (including phenoxy) is 1. The molecule has 0 bridgehead atoms. The molecule has 0 aromatic heterocycles. The molecule has 0 amide bonds. The van der Waals surface area contributed by atoms with E-state index in [4.69, 9.17) is 26.3 Å². The van der Waals surface area contributed by atoms with E-state index < -0.39 is 7.05 Å². The molecule has 4 unspecified atom stereocenters. The molecule has 2 aliphatic carbocycles. The van der Waals surface area contributed by atoms with Gasteiger partial charge in [-0.3, -0.25) is 9.74 Å². The number of hydrogen-bond acceptors (Lipinski definition) is 5. The van der Waals surface area contributed by atoms with E-state index in [9.17, 15) is 5.11 Å². The summed E-state index contributed by atoms with van der Waals surface area (Å²) in [7, 11) is -2.23. The molecule has 5 nitrogen and oxygen atoms in total. The number of aryl methyl sites for hydroxylation is 1. The van der Waals surface area contributed by atoms with Crippen LogP contribution in [0.25, 0.3) is 0 Å². The van der Waals surface area contributed by atoms with Gasteiger partial charge in [-0.25, -0.2) is 4.84 Å². The Morgan fingerprint density at radius 2 is 1.53 bits per heavy atom. The van der Waals surface area contributed by atoms with Crippen LogP contribution in [0, 0.1) is 6.92 Å². The van der Waals surface area contributed by atoms with E-state index in [0.717, 1.165) is 54.5 Å². The summed E-state index contributed by atoms with van der Waals surface area (Å²) in [4.78, 5) is 7.72. The fourth-order valence-corrected chi connectivity index (χ4v) is 10.9. The molecule has 4 aromatic carbocycles. The molecule has 2 N–H and O–H groups in total. The van der Waals surface area contributed by atoms with Crippen molar-refractivity contribution < 1.29 is 9.84 Å². The number of aliphatic imine (C=N–C) groups is 1. The van der Waals surface area contributed by atoms with E-state index in [1.807, 2.05) is 43.5 Å². The van der Waals surface area contributed by atoms with Gasteiger partial charge in [-0.05, 0) is 72.3 Å². The molecule has 4 atom stereocenters. The van der Waals surface area contributed by atoms with Crippen molar-refractivity contribution in [3.63, 3.8) is 0 Å². The van der Waals surface area contributed by atoms with E-state index in [2.05, 4.69) is 77.6 Å². The van der Waals surface area contributed by atoms with Crippen LogP contribution in [0.15, 0.2) is 113 Å². The van der Waals surface area contributed by atoms with Gasteiger partial charge in [0.15, 0.2) is 0 Å². The fraction of sp³-hybridized carbons (Fsp3) is 0.306. The minimum atomic E-state index is -2.23. The van der Waals surface area contributed by atoms with Crippen molar-refractivity contribution in [1.82, 2.24) is 4.84 Å². The molecular formula is C36H39ClN3O2P. The highest BCUT2D eigenvalue weighted by molar-refractivity contribution is 7.82. The molecular weight excluding hydrogens is 573 g/mol. The van der Waals surface area contributed by atoms with Crippen molar-refractivity contribution in [2.24, 2.45) is 9.74 Å². The number of nitrogens with one attached hydrogen (secondary N) is 1. The van der Waals surface area contributed by atoms with Gasteiger partial charge in [0, 0.05) is 36.1 Å². The van der Waals surface area contributed by atoms with Crippen LogP contribution >= 0.6 is 18.8 Å². The Bertz CT molecular complexity index is 1550. The van der Waals surface area contributed by atoms with Gasteiger partial charge in [-0.15, -0.1) is 0 Å². The summed E-state index contributed by atoms with van der Waals surface area (Å²) in [5.74, 6) is 0.235. The Morgan fingerprint density at radius 3 is 2.19 bits per heavy atom. The molecule has 0 heterocycles. The second-order valence-corrected chi connectivity index (χ2v) is 15.1. The van der Waals surface area contributed by atoms with Crippen molar-refractivity contribution in [3.05, 3.63) is 120 Å². The summed E-state index contributed by atoms with van der Waals surface area (Å²) in [5, 5.41) is 13.8. The number of rotatable bonds is 10. The Balaban J connectivity index is 1.28. The van der Waals surface area contributed by atoms with Gasteiger partial charge < -0.3 is 9.84 Å². The third-order valence-corrected chi connectivity index (χ3v) is 13.1. The van der Waals surface area contributed by atoms with E-state index in [1.54, 1.807) is 0 Å². The lowest BCUT2D eigenvalue weighted by Gasteiger charge is -2.27. The summed E-state index contributed by atoms with van der Waals surface area (Å²) < 4.78 is 12.2. The molecule has 6 rings (SSSR count). The average Bonchev–Trinajstić information content (AvgIpc) is 3.84. The van der Waals surface area contributed by atoms with Crippen LogP contribution in [0.4, 0.5) is 5.69 Å². The minimum absolute atomic E-state index is 0.0380. The zero-order valence-corrected chi connectivity index (χ0v) is 26.2. The molecule has 0 aliphatic heterocycles. The van der Waals surface area contributed by atoms with Gasteiger partial charge in [0.2, 0.25) is 0 Å². The van der Waals surface area contributed by atoms with E-state index in [0.29, 0.717) is 6.61 Å². The van der Waals surface area contributed by atoms with Gasteiger partial charge in [0.1, 0.15) is 5.75 Å². The quantitative estimate of drug-likeness (QED) is 0.108. The molecule has 7 heteroatoms. The van der Waals surface area contributed by atoms with Crippen LogP contribution in [-0.2, 0) is 11.3 Å². The first kappa shape index (κ1) is 29.8. The topological polar surface area (TPSA) is 66.2 Å². The Kier molecular flexibility index (Phi) is 9.45. The lowest BCUT2D eigenvalue weighted by molar-refractivity contribution is 0.105. The van der Waals surface area contributed by atoms with E-state index in [1.165, 1.54) is 10.6 Å². The summed E-state index contributed by atoms with van der Waals surface area (Å²) in [6.07, 6.45) is 7.08. The highest BCUT2D eigenvalue weighted by Crippen LogP contribution is 2.64. The predicted octanol–water partition coefficient (Wildman–Crippen LogP) is 8.02. The maximum absolute atomic E-state index is 11.3. The Hall–Kier alpha value is -3.21. The molecule has 2 aliphatic rings. The molecule has 2 saturated carbocycles. The van der Waals surface area contributed by atoms with Crippen LogP contribution < -0.4 is 15.4 Å². The second kappa shape index (κ2) is 13.6. The zero-order valence-electron chi connectivity index (χ0n) is 24.5. The zero-order chi connectivity index (χ0) is 29.6. The first-order valence-electron chi connectivity index (χ1n) is 15.2. The molecule has 0 saturated heterocycles. The normalized spacial score (nSPS) is 22.0. The van der Waals surface area contributed by atoms with Crippen molar-refractivity contribution >= 4 is 41.3 Å². The van der Waals surface area contributed by atoms with Crippen LogP contribution in [0.2, 0.25) is 0 Å². The number of hydrogen-bond donors (Lipinski definition) is 2. The maximum atomic E-state index is 11.3. The lowest BCUT2D eigenvalue weighted by atomic mass is 9.91. The van der Waals surface area contributed by atoms with Crippen molar-refractivity contribution in [2.75, 3.05) is 0 Å². The van der Waals surface area contributed by atoms with Gasteiger partial charge in [0.25, 0.3) is 0 Å². The SMILES string of the molecule is Cc1cc(C=NC2CCCCC2NCl)c(O)c(COC2CC2P(=Nc2ccccc2)(c2ccccc2)c2ccccc2)c1. The minimum Gasteiger partial charge on any atom is -0.507 e. The highest BCUT2D eigenvalue weighted by Gasteiger charge is 2.51. The summed E-state index contributed by atoms with van der Waals surface area (Å²) in [6.45, 7) is 2.38. The van der Waals surface area contributed by atoms with Crippen molar-refractivity contribution in [2.45, 2.75) is 69.5 Å². The summed E-state index contributed by atoms with van der Waals surface area (Å²) in [5.41, 5.74) is 3.80. The smallest absolute Gasteiger partial charge is 0.129 e. The second-order valence-electron chi connectivity index (χ2n) is 11.7. The third-order valence-electron chi connectivity index (χ3n) is 8.60. The van der Waals surface area contributed by atoms with Gasteiger partial charge in [-0.2, -0.15) is 0 Å². The number of aromatic hydroxyl groups is 1. The summed E-state index contributed by atoms with van der Waals surface area (Å²) in [6, 6.07) is 36.0. The highest BCUT2D eigenvalue weighted by atomic mass is 35.5. The third kappa shape index (κ3) is 6.66. The monoisotopic (exact) mass is 611 g/mol. The van der Waals surface area contributed by atoms with E-state index in [-0.39, 0.29) is 29.6 Å². The van der Waals surface area contributed by atoms with Crippen LogP contribution in [0.5, 0.6) is 5.75 Å². The van der Waals surface area contributed by atoms with Crippen molar-refractivity contribution in [3.8, 4) is 5.75 Å². The number of nitrogens with zero attached hydrogens (tertiary/aromatic N) is 2. The largest absolute Gasteiger partial charge is 0.507 e. The van der Waals surface area contributed by atoms with Gasteiger partial charge in [-0.1, -0.05) is 97.8 Å². The molecule has 222 valence electrons. The first-order valence-corrected chi connectivity index (χ1v) is 17.4. The predicted molar refractivity (Wildman–Crippen MR) is 180 cm³/mol. The Morgan fingerprint density at radius 1 is 0.907 bits per heavy atom. The summed E-state index contributed by atoms with van der Waals surface area (Å²) >= 11 is 5.99. The van der Waals surface area contributed by atoms with E-state index >= 15 is 0 Å². The Labute approximate surface area is 260 Å². The number of benzene rings is 4. The lowest BCUT2D eigenvalue weighted by Crippen LogP contribution is -2.36. The number of phenols is 1. The molecule has 0 radical (unpaired) electrons. The number of phenolic OH excluding ortho intramolecular Hbond substituents is 1. The van der Waals surface area contributed by atoms with Crippen molar-refractivity contribution in [1.29, 1.82) is 0 Å². The van der Waals surface area contributed by atoms with Gasteiger partial charge >= 0.3 is 0 Å². The molecule has 2 fully saturated rings. The van der Waals surface area contributed by atoms with Crippen LogP contribution in [-0.4, -0.2) is 35.2 Å². The average molecular weight is 612 g/mol. The van der Waals surface area contributed by atoms with Crippen LogP contribution in [0.1, 0.15) is 48.8 Å². The fourth-order valence-electron chi connectivity index (χ4n) is 6.32.